The highest BCUT2D eigenvalue weighted by Gasteiger charge is 2.03. The molecule has 0 aliphatic heterocycles. The summed E-state index contributed by atoms with van der Waals surface area (Å²) >= 11 is 0. The molecule has 0 fully saturated rings. The Labute approximate surface area is 70.6 Å². The summed E-state index contributed by atoms with van der Waals surface area (Å²) in [6.07, 6.45) is 1.16. The standard InChI is InChI=1S/C8H11FN2O/c1-10-4-6-3-8(12-2)7(9)5-11-6/h3,5,10H,4H2,1-2H3. The van der Waals surface area contributed by atoms with Gasteiger partial charge in [-0.25, -0.2) is 4.39 Å². The molecule has 0 unspecified atom stereocenters. The highest BCUT2D eigenvalue weighted by atomic mass is 19.1. The molecule has 0 amide bonds. The number of rotatable bonds is 3. The third kappa shape index (κ3) is 1.92. The Balaban J connectivity index is 2.89. The molecule has 4 heteroatoms. The SMILES string of the molecule is CNCc1cc(OC)c(F)cn1. The molecule has 0 saturated heterocycles. The summed E-state index contributed by atoms with van der Waals surface area (Å²) in [6.45, 7) is 0.608. The molecule has 1 heterocycles. The molecule has 0 atom stereocenters. The minimum atomic E-state index is -0.433. The van der Waals surface area contributed by atoms with Crippen LogP contribution in [-0.2, 0) is 6.54 Å². The molecule has 1 rings (SSSR count). The predicted octanol–water partition coefficient (Wildman–Crippen LogP) is 0.949. The first-order chi connectivity index (χ1) is 5.77. The van der Waals surface area contributed by atoms with Gasteiger partial charge < -0.3 is 10.1 Å². The van der Waals surface area contributed by atoms with Gasteiger partial charge in [0.1, 0.15) is 0 Å². The number of nitrogens with one attached hydrogen (secondary N) is 1. The van der Waals surface area contributed by atoms with E-state index in [0.29, 0.717) is 6.54 Å². The van der Waals surface area contributed by atoms with Crippen LogP contribution in [-0.4, -0.2) is 19.1 Å². The Kier molecular flexibility index (Phi) is 2.99. The molecule has 0 bridgehead atoms. The third-order valence-corrected chi connectivity index (χ3v) is 1.45. The molecule has 1 N–H and O–H groups in total. The zero-order chi connectivity index (χ0) is 8.97. The van der Waals surface area contributed by atoms with Crippen LogP contribution in [0.4, 0.5) is 4.39 Å². The van der Waals surface area contributed by atoms with Gasteiger partial charge in [-0.1, -0.05) is 0 Å². The molecule has 12 heavy (non-hydrogen) atoms. The summed E-state index contributed by atoms with van der Waals surface area (Å²) in [5, 5.41) is 2.91. The average Bonchev–Trinajstić information content (AvgIpc) is 2.09. The van der Waals surface area contributed by atoms with E-state index in [9.17, 15) is 4.39 Å². The lowest BCUT2D eigenvalue weighted by molar-refractivity contribution is 0.384. The third-order valence-electron chi connectivity index (χ3n) is 1.45. The van der Waals surface area contributed by atoms with Crippen LogP contribution in [0.2, 0.25) is 0 Å². The maximum atomic E-state index is 12.8. The number of pyridine rings is 1. The molecule has 0 saturated carbocycles. The van der Waals surface area contributed by atoms with Crippen molar-refractivity contribution in [3.05, 3.63) is 23.8 Å². The fraction of sp³-hybridized carbons (Fsp3) is 0.375. The minimum Gasteiger partial charge on any atom is -0.494 e. The number of methoxy groups -OCH3 is 1. The zero-order valence-corrected chi connectivity index (χ0v) is 7.10. The van der Waals surface area contributed by atoms with E-state index in [0.717, 1.165) is 11.9 Å². The van der Waals surface area contributed by atoms with Crippen LogP contribution >= 0.6 is 0 Å². The number of hydrogen-bond acceptors (Lipinski definition) is 3. The molecule has 0 aliphatic carbocycles. The summed E-state index contributed by atoms with van der Waals surface area (Å²) in [7, 11) is 3.24. The van der Waals surface area contributed by atoms with E-state index < -0.39 is 5.82 Å². The van der Waals surface area contributed by atoms with E-state index in [4.69, 9.17) is 4.74 Å². The van der Waals surface area contributed by atoms with Gasteiger partial charge in [0, 0.05) is 12.6 Å². The highest BCUT2D eigenvalue weighted by molar-refractivity contribution is 5.24. The van der Waals surface area contributed by atoms with Crippen LogP contribution < -0.4 is 10.1 Å². The largest absolute Gasteiger partial charge is 0.494 e. The van der Waals surface area contributed by atoms with Crippen LogP contribution in [0.15, 0.2) is 12.3 Å². The van der Waals surface area contributed by atoms with E-state index in [1.807, 2.05) is 0 Å². The van der Waals surface area contributed by atoms with Gasteiger partial charge in [-0.3, -0.25) is 4.98 Å². The van der Waals surface area contributed by atoms with Gasteiger partial charge in [0.05, 0.1) is 19.0 Å². The van der Waals surface area contributed by atoms with Gasteiger partial charge >= 0.3 is 0 Å². The van der Waals surface area contributed by atoms with Crippen molar-refractivity contribution >= 4 is 0 Å². The van der Waals surface area contributed by atoms with Crippen LogP contribution in [0.25, 0.3) is 0 Å². The summed E-state index contributed by atoms with van der Waals surface area (Å²) in [5.41, 5.74) is 0.760. The van der Waals surface area contributed by atoms with Gasteiger partial charge in [-0.15, -0.1) is 0 Å². The molecule has 3 nitrogen and oxygen atoms in total. The predicted molar refractivity (Wildman–Crippen MR) is 43.5 cm³/mol. The van der Waals surface area contributed by atoms with Gasteiger partial charge in [0.15, 0.2) is 11.6 Å². The highest BCUT2D eigenvalue weighted by Crippen LogP contribution is 2.15. The fourth-order valence-electron chi connectivity index (χ4n) is 0.895. The van der Waals surface area contributed by atoms with Gasteiger partial charge in [0.25, 0.3) is 0 Å². The molecule has 0 spiro atoms. The van der Waals surface area contributed by atoms with E-state index in [2.05, 4.69) is 10.3 Å². The smallest absolute Gasteiger partial charge is 0.183 e. The molecule has 1 aromatic heterocycles. The molecule has 0 radical (unpaired) electrons. The van der Waals surface area contributed by atoms with Gasteiger partial charge in [-0.2, -0.15) is 0 Å². The van der Waals surface area contributed by atoms with Gasteiger partial charge in [0.2, 0.25) is 0 Å². The first-order valence-electron chi connectivity index (χ1n) is 3.61. The molecular weight excluding hydrogens is 159 g/mol. The van der Waals surface area contributed by atoms with Crippen LogP contribution in [0.5, 0.6) is 5.75 Å². The lowest BCUT2D eigenvalue weighted by Gasteiger charge is -2.03. The topological polar surface area (TPSA) is 34.1 Å². The van der Waals surface area contributed by atoms with Gasteiger partial charge in [-0.05, 0) is 7.05 Å². The van der Waals surface area contributed by atoms with E-state index in [1.165, 1.54) is 7.11 Å². The molecule has 0 aliphatic rings. The average molecular weight is 170 g/mol. The quantitative estimate of drug-likeness (QED) is 0.733. The van der Waals surface area contributed by atoms with E-state index in [-0.39, 0.29) is 5.75 Å². The Hall–Kier alpha value is -1.16. The maximum Gasteiger partial charge on any atom is 0.183 e. The number of hydrogen-bond donors (Lipinski definition) is 1. The maximum absolute atomic E-state index is 12.8. The summed E-state index contributed by atoms with van der Waals surface area (Å²) in [6, 6.07) is 1.58. The van der Waals surface area contributed by atoms with Crippen LogP contribution in [0.3, 0.4) is 0 Å². The van der Waals surface area contributed by atoms with Crippen molar-refractivity contribution in [1.82, 2.24) is 10.3 Å². The number of aromatic nitrogens is 1. The van der Waals surface area contributed by atoms with Crippen LogP contribution in [0, 0.1) is 5.82 Å². The molecule has 66 valence electrons. The van der Waals surface area contributed by atoms with Crippen molar-refractivity contribution in [1.29, 1.82) is 0 Å². The second kappa shape index (κ2) is 4.01. The monoisotopic (exact) mass is 170 g/mol. The van der Waals surface area contributed by atoms with Crippen molar-refractivity contribution in [2.75, 3.05) is 14.2 Å². The number of nitrogens with zero attached hydrogens (tertiary/aromatic N) is 1. The first-order valence-corrected chi connectivity index (χ1v) is 3.61. The Morgan fingerprint density at radius 1 is 1.67 bits per heavy atom. The van der Waals surface area contributed by atoms with Crippen molar-refractivity contribution in [2.24, 2.45) is 0 Å². The first kappa shape index (κ1) is 8.93. The molecule has 1 aromatic rings. The van der Waals surface area contributed by atoms with Crippen LogP contribution in [0.1, 0.15) is 5.69 Å². The van der Waals surface area contributed by atoms with Crippen molar-refractivity contribution in [3.8, 4) is 5.75 Å². The zero-order valence-electron chi connectivity index (χ0n) is 7.10. The minimum absolute atomic E-state index is 0.232. The molecule has 0 aromatic carbocycles. The molecular formula is C8H11FN2O. The van der Waals surface area contributed by atoms with Crippen molar-refractivity contribution < 1.29 is 9.13 Å². The lowest BCUT2D eigenvalue weighted by Crippen LogP contribution is -2.07. The lowest BCUT2D eigenvalue weighted by atomic mass is 10.3. The summed E-state index contributed by atoms with van der Waals surface area (Å²) in [5.74, 6) is -0.201. The number of halogens is 1. The Morgan fingerprint density at radius 2 is 2.42 bits per heavy atom. The Bertz CT molecular complexity index is 265. The second-order valence-electron chi connectivity index (χ2n) is 2.34. The normalized spacial score (nSPS) is 9.92. The van der Waals surface area contributed by atoms with Crippen molar-refractivity contribution in [3.63, 3.8) is 0 Å². The van der Waals surface area contributed by atoms with E-state index >= 15 is 0 Å². The number of ether oxygens (including phenoxy) is 1. The summed E-state index contributed by atoms with van der Waals surface area (Å²) < 4.78 is 17.6. The fourth-order valence-corrected chi connectivity index (χ4v) is 0.895. The second-order valence-corrected chi connectivity index (χ2v) is 2.34. The summed E-state index contributed by atoms with van der Waals surface area (Å²) in [4.78, 5) is 3.86. The van der Waals surface area contributed by atoms with E-state index in [1.54, 1.807) is 13.1 Å². The van der Waals surface area contributed by atoms with Crippen molar-refractivity contribution in [2.45, 2.75) is 6.54 Å². The Morgan fingerprint density at radius 3 is 3.00 bits per heavy atom.